The number of carbonyl (C=O) groups is 1. The van der Waals surface area contributed by atoms with E-state index in [0.29, 0.717) is 16.3 Å². The Balaban J connectivity index is 1.81. The van der Waals surface area contributed by atoms with Crippen LogP contribution in [0.25, 0.3) is 5.69 Å². The third-order valence-electron chi connectivity index (χ3n) is 4.31. The highest BCUT2D eigenvalue weighted by Crippen LogP contribution is 2.23. The van der Waals surface area contributed by atoms with Crippen molar-refractivity contribution in [2.45, 2.75) is 13.8 Å². The number of carbonyl (C=O) groups excluding carboxylic acids is 1. The Morgan fingerprint density at radius 3 is 2.71 bits per heavy atom. The molecule has 0 aliphatic rings. The van der Waals surface area contributed by atoms with E-state index in [1.54, 1.807) is 18.3 Å². The van der Waals surface area contributed by atoms with E-state index in [9.17, 15) is 4.79 Å². The standard InChI is InChI=1S/C21H19BrClN3O2/c1-13-9-15(14(2)26(13)18-6-4-5-17(23)11-18)12-24-25-21(27)19-10-16(22)7-8-20(19)28-3/h4-12H,1-3H3,(H,25,27)/b24-12+. The number of hydrazone groups is 1. The van der Waals surface area contributed by atoms with Crippen LogP contribution in [0.5, 0.6) is 5.75 Å². The van der Waals surface area contributed by atoms with Gasteiger partial charge in [0.15, 0.2) is 0 Å². The summed E-state index contributed by atoms with van der Waals surface area (Å²) in [6.07, 6.45) is 1.63. The molecule has 28 heavy (non-hydrogen) atoms. The Bertz CT molecular complexity index is 1060. The summed E-state index contributed by atoms with van der Waals surface area (Å²) in [4.78, 5) is 12.4. The number of aromatic nitrogens is 1. The van der Waals surface area contributed by atoms with Gasteiger partial charge in [-0.25, -0.2) is 5.43 Å². The van der Waals surface area contributed by atoms with Crippen molar-refractivity contribution in [2.75, 3.05) is 7.11 Å². The number of nitrogens with zero attached hydrogens (tertiary/aromatic N) is 2. The lowest BCUT2D eigenvalue weighted by molar-refractivity contribution is 0.0952. The number of rotatable bonds is 5. The average Bonchev–Trinajstić information content (AvgIpc) is 2.95. The van der Waals surface area contributed by atoms with Gasteiger partial charge in [0.1, 0.15) is 5.75 Å². The van der Waals surface area contributed by atoms with Gasteiger partial charge in [-0.3, -0.25) is 4.79 Å². The van der Waals surface area contributed by atoms with E-state index in [4.69, 9.17) is 16.3 Å². The Hall–Kier alpha value is -2.57. The quantitative estimate of drug-likeness (QED) is 0.416. The van der Waals surface area contributed by atoms with Crippen LogP contribution in [-0.4, -0.2) is 23.8 Å². The summed E-state index contributed by atoms with van der Waals surface area (Å²) in [5, 5.41) is 4.79. The number of methoxy groups -OCH3 is 1. The Kier molecular flexibility index (Phi) is 6.21. The van der Waals surface area contributed by atoms with Gasteiger partial charge in [-0.1, -0.05) is 33.6 Å². The Morgan fingerprint density at radius 1 is 1.21 bits per heavy atom. The topological polar surface area (TPSA) is 55.6 Å². The minimum Gasteiger partial charge on any atom is -0.496 e. The zero-order valence-corrected chi connectivity index (χ0v) is 18.0. The monoisotopic (exact) mass is 459 g/mol. The molecule has 144 valence electrons. The first kappa shape index (κ1) is 20.2. The van der Waals surface area contributed by atoms with Crippen LogP contribution in [0.3, 0.4) is 0 Å². The number of amides is 1. The number of ether oxygens (including phenoxy) is 1. The van der Waals surface area contributed by atoms with Crippen LogP contribution in [0, 0.1) is 13.8 Å². The van der Waals surface area contributed by atoms with Gasteiger partial charge >= 0.3 is 0 Å². The van der Waals surface area contributed by atoms with Crippen molar-refractivity contribution in [3.05, 3.63) is 80.5 Å². The third kappa shape index (κ3) is 4.29. The summed E-state index contributed by atoms with van der Waals surface area (Å²) in [6.45, 7) is 4.00. The molecule has 0 fully saturated rings. The molecule has 0 spiro atoms. The number of benzene rings is 2. The SMILES string of the molecule is COc1ccc(Br)cc1C(=O)N/N=C/c1cc(C)n(-c2cccc(Cl)c2)c1C. The summed E-state index contributed by atoms with van der Waals surface area (Å²) in [5.74, 6) is 0.132. The van der Waals surface area contributed by atoms with Crippen molar-refractivity contribution >= 4 is 39.7 Å². The Labute approximate surface area is 177 Å². The highest BCUT2D eigenvalue weighted by molar-refractivity contribution is 9.10. The van der Waals surface area contributed by atoms with Crippen LogP contribution in [0.2, 0.25) is 5.02 Å². The van der Waals surface area contributed by atoms with Gasteiger partial charge in [-0.2, -0.15) is 5.10 Å². The average molecular weight is 461 g/mol. The molecule has 0 aliphatic carbocycles. The van der Waals surface area contributed by atoms with E-state index in [1.807, 2.05) is 50.2 Å². The second-order valence-corrected chi connectivity index (χ2v) is 7.54. The molecule has 0 bridgehead atoms. The molecule has 0 atom stereocenters. The maximum absolute atomic E-state index is 12.4. The summed E-state index contributed by atoms with van der Waals surface area (Å²) >= 11 is 9.48. The summed E-state index contributed by atoms with van der Waals surface area (Å²) in [7, 11) is 1.52. The fourth-order valence-corrected chi connectivity index (χ4v) is 3.55. The molecule has 0 aliphatic heterocycles. The molecule has 1 heterocycles. The Morgan fingerprint density at radius 2 is 2.00 bits per heavy atom. The first-order valence-corrected chi connectivity index (χ1v) is 9.69. The zero-order chi connectivity index (χ0) is 20.3. The molecule has 1 aromatic heterocycles. The first-order chi connectivity index (χ1) is 13.4. The molecular formula is C21H19BrClN3O2. The van der Waals surface area contributed by atoms with E-state index in [-0.39, 0.29) is 5.91 Å². The van der Waals surface area contributed by atoms with Crippen LogP contribution in [0.1, 0.15) is 27.3 Å². The zero-order valence-electron chi connectivity index (χ0n) is 15.7. The van der Waals surface area contributed by atoms with Crippen LogP contribution in [0.15, 0.2) is 58.1 Å². The maximum atomic E-state index is 12.4. The van der Waals surface area contributed by atoms with Crippen LogP contribution >= 0.6 is 27.5 Å². The molecule has 0 radical (unpaired) electrons. The number of hydrogen-bond donors (Lipinski definition) is 1. The largest absolute Gasteiger partial charge is 0.496 e. The van der Waals surface area contributed by atoms with Crippen molar-refractivity contribution < 1.29 is 9.53 Å². The van der Waals surface area contributed by atoms with Crippen molar-refractivity contribution in [3.63, 3.8) is 0 Å². The molecule has 7 heteroatoms. The minimum absolute atomic E-state index is 0.349. The number of nitrogens with one attached hydrogen (secondary N) is 1. The van der Waals surface area contributed by atoms with Crippen molar-refractivity contribution in [2.24, 2.45) is 5.10 Å². The highest BCUT2D eigenvalue weighted by Gasteiger charge is 2.13. The van der Waals surface area contributed by atoms with Gasteiger partial charge in [0, 0.05) is 32.1 Å². The van der Waals surface area contributed by atoms with Gasteiger partial charge in [0.05, 0.1) is 18.9 Å². The number of hydrogen-bond acceptors (Lipinski definition) is 3. The second kappa shape index (κ2) is 8.63. The van der Waals surface area contributed by atoms with E-state index in [0.717, 1.165) is 27.1 Å². The molecule has 5 nitrogen and oxygen atoms in total. The lowest BCUT2D eigenvalue weighted by atomic mass is 10.2. The van der Waals surface area contributed by atoms with Gasteiger partial charge < -0.3 is 9.30 Å². The molecule has 2 aromatic carbocycles. The fourth-order valence-electron chi connectivity index (χ4n) is 3.01. The van der Waals surface area contributed by atoms with Gasteiger partial charge in [0.25, 0.3) is 5.91 Å². The van der Waals surface area contributed by atoms with Crippen molar-refractivity contribution in [1.82, 2.24) is 9.99 Å². The summed E-state index contributed by atoms with van der Waals surface area (Å²) < 4.78 is 8.11. The van der Waals surface area contributed by atoms with Crippen molar-refractivity contribution in [3.8, 4) is 11.4 Å². The third-order valence-corrected chi connectivity index (χ3v) is 5.04. The van der Waals surface area contributed by atoms with Crippen LogP contribution < -0.4 is 10.2 Å². The maximum Gasteiger partial charge on any atom is 0.275 e. The predicted octanol–water partition coefficient (Wildman–Crippen LogP) is 5.28. The molecule has 1 N–H and O–H groups in total. The van der Waals surface area contributed by atoms with E-state index in [1.165, 1.54) is 7.11 Å². The molecule has 0 saturated heterocycles. The molecular weight excluding hydrogens is 442 g/mol. The van der Waals surface area contributed by atoms with Gasteiger partial charge in [0.2, 0.25) is 0 Å². The molecule has 0 unspecified atom stereocenters. The fraction of sp³-hybridized carbons (Fsp3) is 0.143. The van der Waals surface area contributed by atoms with Crippen molar-refractivity contribution in [1.29, 1.82) is 0 Å². The minimum atomic E-state index is -0.349. The molecule has 1 amide bonds. The smallest absolute Gasteiger partial charge is 0.275 e. The second-order valence-electron chi connectivity index (χ2n) is 6.19. The normalized spacial score (nSPS) is 11.0. The van der Waals surface area contributed by atoms with Crippen LogP contribution in [0.4, 0.5) is 0 Å². The van der Waals surface area contributed by atoms with E-state index in [2.05, 4.69) is 31.0 Å². The number of aryl methyl sites for hydroxylation is 1. The predicted molar refractivity (Wildman–Crippen MR) is 116 cm³/mol. The lowest BCUT2D eigenvalue weighted by Crippen LogP contribution is -2.18. The molecule has 0 saturated carbocycles. The summed E-state index contributed by atoms with van der Waals surface area (Å²) in [5.41, 5.74) is 6.87. The number of halogens is 2. The first-order valence-electron chi connectivity index (χ1n) is 8.52. The van der Waals surface area contributed by atoms with Crippen LogP contribution in [-0.2, 0) is 0 Å². The van der Waals surface area contributed by atoms with E-state index >= 15 is 0 Å². The molecule has 3 aromatic rings. The van der Waals surface area contributed by atoms with E-state index < -0.39 is 0 Å². The van der Waals surface area contributed by atoms with Gasteiger partial charge in [-0.15, -0.1) is 0 Å². The highest BCUT2D eigenvalue weighted by atomic mass is 79.9. The molecule has 3 rings (SSSR count). The lowest BCUT2D eigenvalue weighted by Gasteiger charge is -2.09. The van der Waals surface area contributed by atoms with Gasteiger partial charge in [-0.05, 0) is 56.3 Å². The summed E-state index contributed by atoms with van der Waals surface area (Å²) in [6, 6.07) is 14.9.